The number of carbonyl (C=O) groups excluding carboxylic acids is 1. The van der Waals surface area contributed by atoms with Gasteiger partial charge in [-0.2, -0.15) is 0 Å². The van der Waals surface area contributed by atoms with Gasteiger partial charge in [0.25, 0.3) is 0 Å². The molecule has 0 radical (unpaired) electrons. The summed E-state index contributed by atoms with van der Waals surface area (Å²) in [5, 5.41) is 0. The molecular weight excluding hydrogens is 315 g/mol. The highest BCUT2D eigenvalue weighted by atomic mass is 19.1. The molecule has 2 aliphatic rings. The van der Waals surface area contributed by atoms with Crippen molar-refractivity contribution in [1.82, 2.24) is 4.98 Å². The van der Waals surface area contributed by atoms with Gasteiger partial charge in [-0.15, -0.1) is 0 Å². The fourth-order valence-electron chi connectivity index (χ4n) is 3.76. The van der Waals surface area contributed by atoms with Crippen molar-refractivity contribution in [1.29, 1.82) is 0 Å². The Balaban J connectivity index is 1.50. The van der Waals surface area contributed by atoms with Crippen LogP contribution in [0.1, 0.15) is 32.1 Å². The molecule has 1 saturated heterocycles. The van der Waals surface area contributed by atoms with E-state index in [-0.39, 0.29) is 11.7 Å². The number of hydrogen-bond donors (Lipinski definition) is 0. The summed E-state index contributed by atoms with van der Waals surface area (Å²) in [5.41, 5.74) is 2.43. The maximum Gasteiger partial charge on any atom is 0.136 e. The van der Waals surface area contributed by atoms with E-state index in [1.807, 2.05) is 18.3 Å². The smallest absolute Gasteiger partial charge is 0.136 e. The second-order valence-electron chi connectivity index (χ2n) is 7.25. The van der Waals surface area contributed by atoms with E-state index >= 15 is 0 Å². The number of Topliss-reactive ketones (excluding diaryl/α,β-unsaturated/α-hetero) is 1. The Morgan fingerprint density at radius 2 is 1.84 bits per heavy atom. The molecule has 4 heteroatoms. The van der Waals surface area contributed by atoms with Gasteiger partial charge in [0.15, 0.2) is 0 Å². The molecule has 0 amide bonds. The molecule has 1 saturated carbocycles. The average molecular weight is 338 g/mol. The summed E-state index contributed by atoms with van der Waals surface area (Å²) >= 11 is 0. The second-order valence-corrected chi connectivity index (χ2v) is 7.25. The van der Waals surface area contributed by atoms with Crippen LogP contribution in [0.2, 0.25) is 0 Å². The summed E-state index contributed by atoms with van der Waals surface area (Å²) in [6.07, 6.45) is 8.52. The lowest BCUT2D eigenvalue weighted by Crippen LogP contribution is -2.36. The van der Waals surface area contributed by atoms with Crippen LogP contribution in [0.3, 0.4) is 0 Å². The normalized spacial score (nSPS) is 18.4. The van der Waals surface area contributed by atoms with Crippen LogP contribution in [0.4, 0.5) is 10.1 Å². The molecule has 0 spiro atoms. The van der Waals surface area contributed by atoms with E-state index in [0.717, 1.165) is 43.6 Å². The van der Waals surface area contributed by atoms with Crippen LogP contribution in [0.5, 0.6) is 0 Å². The lowest BCUT2D eigenvalue weighted by atomic mass is 9.89. The van der Waals surface area contributed by atoms with Crippen LogP contribution in [-0.4, -0.2) is 23.9 Å². The predicted octanol–water partition coefficient (Wildman–Crippen LogP) is 4.47. The van der Waals surface area contributed by atoms with Crippen molar-refractivity contribution in [3.63, 3.8) is 0 Å². The zero-order valence-corrected chi connectivity index (χ0v) is 14.3. The maximum atomic E-state index is 14.2. The van der Waals surface area contributed by atoms with Gasteiger partial charge in [0.1, 0.15) is 11.6 Å². The van der Waals surface area contributed by atoms with Gasteiger partial charge in [0.2, 0.25) is 0 Å². The van der Waals surface area contributed by atoms with E-state index in [1.165, 1.54) is 18.9 Å². The van der Waals surface area contributed by atoms with E-state index in [0.29, 0.717) is 17.3 Å². The Morgan fingerprint density at radius 1 is 1.08 bits per heavy atom. The Morgan fingerprint density at radius 3 is 2.56 bits per heavy atom. The number of rotatable bonds is 5. The number of piperidine rings is 1. The molecular formula is C21H23FN2O. The topological polar surface area (TPSA) is 33.2 Å². The van der Waals surface area contributed by atoms with Gasteiger partial charge in [-0.1, -0.05) is 18.2 Å². The Labute approximate surface area is 147 Å². The van der Waals surface area contributed by atoms with Gasteiger partial charge in [0, 0.05) is 42.8 Å². The van der Waals surface area contributed by atoms with Crippen molar-refractivity contribution in [3.05, 3.63) is 48.5 Å². The highest BCUT2D eigenvalue weighted by molar-refractivity contribution is 5.82. The molecule has 1 aromatic carbocycles. The summed E-state index contributed by atoms with van der Waals surface area (Å²) in [5.74, 6) is 1.09. The van der Waals surface area contributed by atoms with Crippen molar-refractivity contribution in [3.8, 4) is 11.1 Å². The summed E-state index contributed by atoms with van der Waals surface area (Å²) in [6.45, 7) is 1.66. The SMILES string of the molecule is O=C(CC1CC1)C1CCN(c2cnccc2-c2ccccc2F)CC1. The molecule has 4 rings (SSSR count). The van der Waals surface area contributed by atoms with E-state index in [9.17, 15) is 9.18 Å². The molecule has 1 aliphatic heterocycles. The zero-order chi connectivity index (χ0) is 17.2. The average Bonchev–Trinajstić information content (AvgIpc) is 3.46. The minimum atomic E-state index is -0.218. The Bertz CT molecular complexity index is 764. The van der Waals surface area contributed by atoms with Crippen molar-refractivity contribution < 1.29 is 9.18 Å². The van der Waals surface area contributed by atoms with Crippen molar-refractivity contribution >= 4 is 11.5 Å². The van der Waals surface area contributed by atoms with Gasteiger partial charge in [-0.3, -0.25) is 9.78 Å². The van der Waals surface area contributed by atoms with Gasteiger partial charge >= 0.3 is 0 Å². The number of pyridine rings is 1. The minimum absolute atomic E-state index is 0.199. The summed E-state index contributed by atoms with van der Waals surface area (Å²) in [7, 11) is 0. The first-order valence-electron chi connectivity index (χ1n) is 9.19. The molecule has 25 heavy (non-hydrogen) atoms. The number of hydrogen-bond acceptors (Lipinski definition) is 3. The van der Waals surface area contributed by atoms with Crippen LogP contribution < -0.4 is 4.90 Å². The first-order chi connectivity index (χ1) is 12.2. The standard InChI is InChI=1S/C21H23FN2O/c22-19-4-2-1-3-17(19)18-7-10-23-14-20(18)24-11-8-16(9-12-24)21(25)13-15-5-6-15/h1-4,7,10,14-16H,5-6,8-9,11-13H2. The molecule has 3 nitrogen and oxygen atoms in total. The lowest BCUT2D eigenvalue weighted by Gasteiger charge is -2.34. The maximum absolute atomic E-state index is 14.2. The Hall–Kier alpha value is -2.23. The minimum Gasteiger partial charge on any atom is -0.370 e. The number of carbonyl (C=O) groups is 1. The van der Waals surface area contributed by atoms with E-state index < -0.39 is 0 Å². The first kappa shape index (κ1) is 16.2. The third-order valence-corrected chi connectivity index (χ3v) is 5.44. The summed E-state index contributed by atoms with van der Waals surface area (Å²) in [4.78, 5) is 18.8. The van der Waals surface area contributed by atoms with Crippen molar-refractivity contribution in [2.75, 3.05) is 18.0 Å². The van der Waals surface area contributed by atoms with E-state index in [4.69, 9.17) is 0 Å². The third kappa shape index (κ3) is 3.58. The lowest BCUT2D eigenvalue weighted by molar-refractivity contribution is -0.123. The second kappa shape index (κ2) is 6.95. The fourth-order valence-corrected chi connectivity index (χ4v) is 3.76. The number of benzene rings is 1. The van der Waals surface area contributed by atoms with E-state index in [2.05, 4.69) is 9.88 Å². The molecule has 0 bridgehead atoms. The van der Waals surface area contributed by atoms with Crippen LogP contribution in [0, 0.1) is 17.7 Å². The first-order valence-corrected chi connectivity index (χ1v) is 9.19. The van der Waals surface area contributed by atoms with Gasteiger partial charge in [-0.05, 0) is 43.7 Å². The number of anilines is 1. The predicted molar refractivity (Wildman–Crippen MR) is 96.9 cm³/mol. The summed E-state index contributed by atoms with van der Waals surface area (Å²) in [6, 6.07) is 8.72. The molecule has 0 unspecified atom stereocenters. The van der Waals surface area contributed by atoms with Crippen LogP contribution >= 0.6 is 0 Å². The highest BCUT2D eigenvalue weighted by Gasteiger charge is 2.31. The summed E-state index contributed by atoms with van der Waals surface area (Å²) < 4.78 is 14.2. The number of halogens is 1. The van der Waals surface area contributed by atoms with Crippen molar-refractivity contribution in [2.45, 2.75) is 32.1 Å². The highest BCUT2D eigenvalue weighted by Crippen LogP contribution is 2.37. The molecule has 130 valence electrons. The van der Waals surface area contributed by atoms with Gasteiger partial charge < -0.3 is 4.90 Å². The quantitative estimate of drug-likeness (QED) is 0.806. The van der Waals surface area contributed by atoms with Gasteiger partial charge in [-0.25, -0.2) is 4.39 Å². The number of ketones is 1. The largest absolute Gasteiger partial charge is 0.370 e. The van der Waals surface area contributed by atoms with Crippen LogP contribution in [0.15, 0.2) is 42.7 Å². The molecule has 0 atom stereocenters. The molecule has 2 fully saturated rings. The van der Waals surface area contributed by atoms with E-state index in [1.54, 1.807) is 18.3 Å². The van der Waals surface area contributed by atoms with Crippen molar-refractivity contribution in [2.24, 2.45) is 11.8 Å². The monoisotopic (exact) mass is 338 g/mol. The number of nitrogens with zero attached hydrogens (tertiary/aromatic N) is 2. The van der Waals surface area contributed by atoms with Crippen LogP contribution in [-0.2, 0) is 4.79 Å². The number of aromatic nitrogens is 1. The molecule has 1 aromatic heterocycles. The van der Waals surface area contributed by atoms with Gasteiger partial charge in [0.05, 0.1) is 11.9 Å². The van der Waals surface area contributed by atoms with Crippen LogP contribution in [0.25, 0.3) is 11.1 Å². The fraction of sp³-hybridized carbons (Fsp3) is 0.429. The third-order valence-electron chi connectivity index (χ3n) is 5.44. The molecule has 1 aliphatic carbocycles. The molecule has 2 aromatic rings. The molecule has 2 heterocycles. The molecule has 0 N–H and O–H groups in total. The Kier molecular flexibility index (Phi) is 4.51. The zero-order valence-electron chi connectivity index (χ0n) is 14.3.